The molecule has 2 N–H and O–H groups in total. The molecule has 1 aromatic heterocycles. The maximum absolute atomic E-state index is 13.6. The molecule has 40 heavy (non-hydrogen) atoms. The molecule has 1 amide bonds. The molecule has 1 atom stereocenters. The first-order chi connectivity index (χ1) is 19.4. The molecule has 5 aromatic rings. The van der Waals surface area contributed by atoms with E-state index >= 15 is 0 Å². The van der Waals surface area contributed by atoms with E-state index in [1.54, 1.807) is 42.5 Å². The van der Waals surface area contributed by atoms with Crippen LogP contribution in [-0.2, 0) is 11.2 Å². The average molecular weight is 549 g/mol. The SMILES string of the molecule is O=C(Nc1cc(-c2ccccc2)cn(C(Cc2ccc(Cl)cc2)C(=O)O)c1=O)c1ccc(-c2ccccc2)cc1. The van der Waals surface area contributed by atoms with Crippen molar-refractivity contribution in [1.29, 1.82) is 0 Å². The second kappa shape index (κ2) is 11.8. The molecule has 7 heteroatoms. The number of amides is 1. The second-order valence-corrected chi connectivity index (χ2v) is 9.74. The maximum atomic E-state index is 13.6. The standard InChI is InChI=1S/C33H25ClN2O4/c34-28-17-11-22(12-18-28)19-30(33(39)40)36-21-27(24-9-5-2-6-10-24)20-29(32(36)38)35-31(37)26-15-13-25(14-16-26)23-7-3-1-4-8-23/h1-18,20-21,30H,19H2,(H,35,37)(H,39,40). The molecule has 0 aliphatic heterocycles. The number of aliphatic carboxylic acids is 1. The number of nitrogens with zero attached hydrogens (tertiary/aromatic N) is 1. The van der Waals surface area contributed by atoms with Gasteiger partial charge in [-0.3, -0.25) is 14.2 Å². The number of carbonyl (C=O) groups is 2. The minimum absolute atomic E-state index is 0.0131. The quantitative estimate of drug-likeness (QED) is 0.219. The van der Waals surface area contributed by atoms with E-state index in [0.29, 0.717) is 21.7 Å². The molecule has 0 fully saturated rings. The summed E-state index contributed by atoms with van der Waals surface area (Å²) in [6, 6.07) is 33.3. The van der Waals surface area contributed by atoms with Crippen LogP contribution in [0.25, 0.3) is 22.3 Å². The van der Waals surface area contributed by atoms with Crippen LogP contribution in [0.3, 0.4) is 0 Å². The van der Waals surface area contributed by atoms with Crippen molar-refractivity contribution in [3.63, 3.8) is 0 Å². The molecule has 0 saturated carbocycles. The summed E-state index contributed by atoms with van der Waals surface area (Å²) in [5.74, 6) is -1.64. The normalized spacial score (nSPS) is 11.5. The first-order valence-corrected chi connectivity index (χ1v) is 13.0. The Hall–Kier alpha value is -4.94. The van der Waals surface area contributed by atoms with Crippen LogP contribution in [0.15, 0.2) is 126 Å². The molecular formula is C33H25ClN2O4. The Labute approximate surface area is 236 Å². The molecule has 0 spiro atoms. The van der Waals surface area contributed by atoms with Gasteiger partial charge in [-0.1, -0.05) is 96.5 Å². The average Bonchev–Trinajstić information content (AvgIpc) is 2.99. The smallest absolute Gasteiger partial charge is 0.327 e. The molecule has 0 saturated heterocycles. The first kappa shape index (κ1) is 26.7. The van der Waals surface area contributed by atoms with Crippen molar-refractivity contribution >= 4 is 29.2 Å². The van der Waals surface area contributed by atoms with Gasteiger partial charge in [0.15, 0.2) is 0 Å². The minimum Gasteiger partial charge on any atom is -0.480 e. The van der Waals surface area contributed by atoms with Crippen LogP contribution in [0.1, 0.15) is 22.0 Å². The molecule has 5 rings (SSSR count). The third kappa shape index (κ3) is 6.03. The summed E-state index contributed by atoms with van der Waals surface area (Å²) in [6.45, 7) is 0. The molecule has 6 nitrogen and oxygen atoms in total. The van der Waals surface area contributed by atoms with Gasteiger partial charge in [-0.05, 0) is 52.6 Å². The lowest BCUT2D eigenvalue weighted by Gasteiger charge is -2.19. The topological polar surface area (TPSA) is 88.4 Å². The molecule has 0 radical (unpaired) electrons. The first-order valence-electron chi connectivity index (χ1n) is 12.6. The van der Waals surface area contributed by atoms with Crippen molar-refractivity contribution in [1.82, 2.24) is 4.57 Å². The van der Waals surface area contributed by atoms with Crippen LogP contribution in [0.5, 0.6) is 0 Å². The van der Waals surface area contributed by atoms with Crippen molar-refractivity contribution in [2.24, 2.45) is 0 Å². The fourth-order valence-corrected chi connectivity index (χ4v) is 4.63. The van der Waals surface area contributed by atoms with Crippen molar-refractivity contribution in [3.05, 3.63) is 148 Å². The van der Waals surface area contributed by atoms with Gasteiger partial charge in [-0.25, -0.2) is 4.79 Å². The molecule has 1 unspecified atom stereocenters. The van der Waals surface area contributed by atoms with E-state index in [4.69, 9.17) is 11.6 Å². The van der Waals surface area contributed by atoms with Crippen LogP contribution in [0.2, 0.25) is 5.02 Å². The van der Waals surface area contributed by atoms with Gasteiger partial charge in [0.05, 0.1) is 0 Å². The Bertz CT molecular complexity index is 1700. The van der Waals surface area contributed by atoms with E-state index in [9.17, 15) is 19.5 Å². The second-order valence-electron chi connectivity index (χ2n) is 9.30. The van der Waals surface area contributed by atoms with Crippen LogP contribution in [0, 0.1) is 0 Å². The predicted molar refractivity (Wildman–Crippen MR) is 158 cm³/mol. The molecule has 1 heterocycles. The highest BCUT2D eigenvalue weighted by Gasteiger charge is 2.24. The summed E-state index contributed by atoms with van der Waals surface area (Å²) in [4.78, 5) is 39.2. The fourth-order valence-electron chi connectivity index (χ4n) is 4.50. The van der Waals surface area contributed by atoms with Crippen LogP contribution < -0.4 is 10.9 Å². The molecule has 198 valence electrons. The number of hydrogen-bond donors (Lipinski definition) is 2. The Kier molecular flexibility index (Phi) is 7.89. The minimum atomic E-state index is -1.21. The van der Waals surface area contributed by atoms with Gasteiger partial charge < -0.3 is 10.4 Å². The zero-order valence-electron chi connectivity index (χ0n) is 21.3. The van der Waals surface area contributed by atoms with Gasteiger partial charge in [0.2, 0.25) is 0 Å². The van der Waals surface area contributed by atoms with Crippen molar-refractivity contribution < 1.29 is 14.7 Å². The van der Waals surface area contributed by atoms with Crippen molar-refractivity contribution in [3.8, 4) is 22.3 Å². The number of hydrogen-bond acceptors (Lipinski definition) is 3. The van der Waals surface area contributed by atoms with Crippen LogP contribution in [0.4, 0.5) is 5.69 Å². The Morgan fingerprint density at radius 1 is 0.750 bits per heavy atom. The van der Waals surface area contributed by atoms with Gasteiger partial charge in [0, 0.05) is 28.8 Å². The summed E-state index contributed by atoms with van der Waals surface area (Å²) in [7, 11) is 0. The third-order valence-electron chi connectivity index (χ3n) is 6.62. The zero-order valence-corrected chi connectivity index (χ0v) is 22.1. The highest BCUT2D eigenvalue weighted by molar-refractivity contribution is 6.30. The van der Waals surface area contributed by atoms with E-state index in [-0.39, 0.29) is 12.1 Å². The highest BCUT2D eigenvalue weighted by atomic mass is 35.5. The number of aromatic nitrogens is 1. The largest absolute Gasteiger partial charge is 0.480 e. The number of anilines is 1. The summed E-state index contributed by atoms with van der Waals surface area (Å²) >= 11 is 5.99. The zero-order chi connectivity index (χ0) is 28.1. The van der Waals surface area contributed by atoms with Gasteiger partial charge in [0.25, 0.3) is 11.5 Å². The molecule has 0 aliphatic carbocycles. The third-order valence-corrected chi connectivity index (χ3v) is 6.87. The number of carbonyl (C=O) groups excluding carboxylic acids is 1. The van der Waals surface area contributed by atoms with E-state index in [1.807, 2.05) is 72.8 Å². The number of carboxylic acid groups (broad SMARTS) is 1. The number of rotatable bonds is 8. The van der Waals surface area contributed by atoms with E-state index in [1.165, 1.54) is 10.8 Å². The monoisotopic (exact) mass is 548 g/mol. The summed E-state index contributed by atoms with van der Waals surface area (Å²) in [5.41, 5.74) is 3.79. The lowest BCUT2D eigenvalue weighted by Crippen LogP contribution is -2.33. The van der Waals surface area contributed by atoms with Gasteiger partial charge in [0.1, 0.15) is 11.7 Å². The van der Waals surface area contributed by atoms with Crippen LogP contribution in [-0.4, -0.2) is 21.6 Å². The van der Waals surface area contributed by atoms with Crippen molar-refractivity contribution in [2.45, 2.75) is 12.5 Å². The highest BCUT2D eigenvalue weighted by Crippen LogP contribution is 2.25. The Balaban J connectivity index is 1.51. The van der Waals surface area contributed by atoms with E-state index < -0.39 is 23.5 Å². The van der Waals surface area contributed by atoms with Gasteiger partial charge in [-0.2, -0.15) is 0 Å². The number of nitrogens with one attached hydrogen (secondary N) is 1. The van der Waals surface area contributed by atoms with Gasteiger partial charge >= 0.3 is 5.97 Å². The lowest BCUT2D eigenvalue weighted by atomic mass is 10.0. The summed E-state index contributed by atoms with van der Waals surface area (Å²) in [5, 5.41) is 13.4. The summed E-state index contributed by atoms with van der Waals surface area (Å²) < 4.78 is 1.17. The Morgan fingerprint density at radius 2 is 1.30 bits per heavy atom. The number of halogens is 1. The number of carboxylic acids is 1. The molecule has 0 aliphatic rings. The fraction of sp³-hybridized carbons (Fsp3) is 0.0606. The van der Waals surface area contributed by atoms with E-state index in [0.717, 1.165) is 16.7 Å². The molecule has 0 bridgehead atoms. The van der Waals surface area contributed by atoms with Crippen molar-refractivity contribution in [2.75, 3.05) is 5.32 Å². The molecule has 4 aromatic carbocycles. The van der Waals surface area contributed by atoms with Gasteiger partial charge in [-0.15, -0.1) is 0 Å². The summed E-state index contributed by atoms with van der Waals surface area (Å²) in [6.07, 6.45) is 1.58. The van der Waals surface area contributed by atoms with E-state index in [2.05, 4.69) is 5.32 Å². The van der Waals surface area contributed by atoms with Crippen LogP contribution >= 0.6 is 11.6 Å². The number of pyridine rings is 1. The molecular weight excluding hydrogens is 524 g/mol. The Morgan fingerprint density at radius 3 is 1.88 bits per heavy atom. The maximum Gasteiger partial charge on any atom is 0.327 e. The number of benzene rings is 4. The lowest BCUT2D eigenvalue weighted by molar-refractivity contribution is -0.141. The predicted octanol–water partition coefficient (Wildman–Crippen LogP) is 6.96.